The monoisotopic (exact) mass is 460 g/mol. The van der Waals surface area contributed by atoms with Crippen LogP contribution in [0.4, 0.5) is 0 Å². The molecule has 0 aliphatic carbocycles. The zero-order valence-electron chi connectivity index (χ0n) is 19.1. The van der Waals surface area contributed by atoms with E-state index in [9.17, 15) is 14.7 Å². The van der Waals surface area contributed by atoms with Gasteiger partial charge in [-0.3, -0.25) is 4.79 Å². The summed E-state index contributed by atoms with van der Waals surface area (Å²) in [5, 5.41) is 10.2. The number of aryl methyl sites for hydroxylation is 1. The van der Waals surface area contributed by atoms with Crippen molar-refractivity contribution in [2.45, 2.75) is 13.3 Å². The van der Waals surface area contributed by atoms with Crippen molar-refractivity contribution in [1.29, 1.82) is 0 Å². The molecule has 0 spiro atoms. The second-order valence-corrected chi connectivity index (χ2v) is 7.77. The first kappa shape index (κ1) is 22.9. The molecule has 0 saturated carbocycles. The summed E-state index contributed by atoms with van der Waals surface area (Å²) in [6, 6.07) is 17.0. The highest BCUT2D eigenvalue weighted by Gasteiger charge is 2.26. The van der Waals surface area contributed by atoms with E-state index in [-0.39, 0.29) is 30.1 Å². The van der Waals surface area contributed by atoms with E-state index in [0.717, 1.165) is 11.1 Å². The van der Waals surface area contributed by atoms with Crippen LogP contribution < -0.4 is 18.9 Å². The number of hydrogen-bond donors (Lipinski definition) is 1. The molecule has 1 aliphatic heterocycles. The van der Waals surface area contributed by atoms with Crippen LogP contribution in [0.3, 0.4) is 0 Å². The van der Waals surface area contributed by atoms with Crippen molar-refractivity contribution in [1.82, 2.24) is 0 Å². The topological polar surface area (TPSA) is 91.3 Å². The summed E-state index contributed by atoms with van der Waals surface area (Å²) in [7, 11) is 3.12. The molecule has 0 fully saturated rings. The summed E-state index contributed by atoms with van der Waals surface area (Å²) >= 11 is 0. The minimum absolute atomic E-state index is 0.0632. The van der Waals surface area contributed by atoms with Gasteiger partial charge in [-0.15, -0.1) is 0 Å². The number of allylic oxidation sites excluding steroid dienone is 1. The maximum Gasteiger partial charge on any atom is 0.336 e. The molecule has 1 N–H and O–H groups in total. The van der Waals surface area contributed by atoms with E-state index in [2.05, 4.69) is 0 Å². The Hall–Kier alpha value is -4.26. The fourth-order valence-corrected chi connectivity index (χ4v) is 3.93. The van der Waals surface area contributed by atoms with Gasteiger partial charge in [-0.1, -0.05) is 18.2 Å². The van der Waals surface area contributed by atoms with E-state index in [1.165, 1.54) is 7.11 Å². The highest BCUT2D eigenvalue weighted by molar-refractivity contribution is 6.26. The zero-order valence-corrected chi connectivity index (χ0v) is 19.1. The van der Waals surface area contributed by atoms with Crippen LogP contribution in [0.25, 0.3) is 5.57 Å². The smallest absolute Gasteiger partial charge is 0.336 e. The molecular weight excluding hydrogens is 436 g/mol. The molecule has 0 atom stereocenters. The largest absolute Gasteiger partial charge is 0.497 e. The van der Waals surface area contributed by atoms with Crippen LogP contribution in [-0.4, -0.2) is 37.9 Å². The first-order valence-corrected chi connectivity index (χ1v) is 10.6. The Morgan fingerprint density at radius 1 is 0.882 bits per heavy atom. The summed E-state index contributed by atoms with van der Waals surface area (Å²) in [5.74, 6) is 0.689. The van der Waals surface area contributed by atoms with Crippen molar-refractivity contribution >= 4 is 17.3 Å². The van der Waals surface area contributed by atoms with Crippen molar-refractivity contribution in [3.05, 3.63) is 88.5 Å². The number of rotatable bonds is 8. The number of carbonyl (C=O) groups excluding carboxylic acids is 1. The fourth-order valence-electron chi connectivity index (χ4n) is 3.93. The van der Waals surface area contributed by atoms with E-state index in [1.54, 1.807) is 55.6 Å². The molecule has 0 saturated heterocycles. The first-order chi connectivity index (χ1) is 16.4. The van der Waals surface area contributed by atoms with Crippen LogP contribution in [0.5, 0.6) is 23.0 Å². The lowest BCUT2D eigenvalue weighted by Crippen LogP contribution is -2.14. The Morgan fingerprint density at radius 3 is 2.24 bits per heavy atom. The summed E-state index contributed by atoms with van der Waals surface area (Å²) in [6.45, 7) is 1.96. The number of carboxylic acid groups (broad SMARTS) is 1. The van der Waals surface area contributed by atoms with Gasteiger partial charge >= 0.3 is 5.97 Å². The van der Waals surface area contributed by atoms with Gasteiger partial charge in [-0.2, -0.15) is 0 Å². The Balaban J connectivity index is 1.86. The maximum absolute atomic E-state index is 13.7. The second-order valence-electron chi connectivity index (χ2n) is 7.77. The number of carbonyl (C=O) groups is 2. The molecule has 7 heteroatoms. The Bertz CT molecular complexity index is 1270. The number of aliphatic carboxylic acids is 1. The number of methoxy groups -OCH3 is 2. The number of carboxylic acids is 1. The molecule has 0 aromatic heterocycles. The second kappa shape index (κ2) is 9.70. The molecule has 7 nitrogen and oxygen atoms in total. The molecular formula is C27H24O7. The third-order valence-electron chi connectivity index (χ3n) is 5.64. The third kappa shape index (κ3) is 4.59. The third-order valence-corrected chi connectivity index (χ3v) is 5.64. The van der Waals surface area contributed by atoms with Gasteiger partial charge in [0.1, 0.15) is 11.5 Å². The van der Waals surface area contributed by atoms with Crippen molar-refractivity contribution < 1.29 is 33.6 Å². The normalized spacial score (nSPS) is 12.7. The van der Waals surface area contributed by atoms with Crippen LogP contribution >= 0.6 is 0 Å². The van der Waals surface area contributed by atoms with Gasteiger partial charge in [0.05, 0.1) is 19.8 Å². The fraction of sp³-hybridized carbons (Fsp3) is 0.185. The summed E-state index contributed by atoms with van der Waals surface area (Å²) in [4.78, 5) is 26.2. The molecule has 1 heterocycles. The molecule has 34 heavy (non-hydrogen) atoms. The molecule has 3 aromatic carbocycles. The molecule has 0 unspecified atom stereocenters. The summed E-state index contributed by atoms with van der Waals surface area (Å²) in [6.07, 6.45) is 0.117. The number of ether oxygens (including phenoxy) is 4. The zero-order chi connectivity index (χ0) is 24.2. The van der Waals surface area contributed by atoms with Gasteiger partial charge in [0.25, 0.3) is 0 Å². The quantitative estimate of drug-likeness (QED) is 0.385. The van der Waals surface area contributed by atoms with Crippen molar-refractivity contribution in [2.24, 2.45) is 0 Å². The average molecular weight is 460 g/mol. The Labute approximate surface area is 197 Å². The van der Waals surface area contributed by atoms with Gasteiger partial charge in [-0.05, 0) is 66.1 Å². The van der Waals surface area contributed by atoms with E-state index in [4.69, 9.17) is 18.9 Å². The minimum atomic E-state index is -1.21. The van der Waals surface area contributed by atoms with Gasteiger partial charge in [0.2, 0.25) is 6.79 Å². The first-order valence-electron chi connectivity index (χ1n) is 10.6. The van der Waals surface area contributed by atoms with Gasteiger partial charge < -0.3 is 24.1 Å². The standard InChI is InChI=1S/C27H24O7/c1-16-12-17(4-10-22(16)32-3)13-21(26(28)18-5-8-20(31-2)9-6-18)25(27(29)30)19-7-11-23-24(14-19)34-15-33-23/h4-12,14H,13,15H2,1-3H3,(H,29,30)/b25-21-. The van der Waals surface area contributed by atoms with Crippen LogP contribution in [-0.2, 0) is 11.2 Å². The SMILES string of the molecule is COc1ccc(C(=O)/C(Cc2ccc(OC)c(C)c2)=C(\C(=O)O)c2ccc3c(c2)OCO3)cc1. The molecule has 174 valence electrons. The highest BCUT2D eigenvalue weighted by Crippen LogP contribution is 2.36. The minimum Gasteiger partial charge on any atom is -0.497 e. The van der Waals surface area contributed by atoms with Crippen molar-refractivity contribution in [2.75, 3.05) is 21.0 Å². The van der Waals surface area contributed by atoms with Gasteiger partial charge in [-0.25, -0.2) is 4.79 Å². The number of Topliss-reactive ketones (excluding diaryl/α,β-unsaturated/α-hetero) is 1. The van der Waals surface area contributed by atoms with E-state index in [0.29, 0.717) is 34.1 Å². The Morgan fingerprint density at radius 2 is 1.59 bits per heavy atom. The van der Waals surface area contributed by atoms with E-state index < -0.39 is 5.97 Å². The lowest BCUT2D eigenvalue weighted by molar-refractivity contribution is -0.130. The molecule has 0 radical (unpaired) electrons. The van der Waals surface area contributed by atoms with Crippen molar-refractivity contribution in [3.63, 3.8) is 0 Å². The van der Waals surface area contributed by atoms with Crippen LogP contribution in [0.15, 0.2) is 66.2 Å². The number of benzene rings is 3. The van der Waals surface area contributed by atoms with Crippen molar-refractivity contribution in [3.8, 4) is 23.0 Å². The molecule has 4 rings (SSSR count). The molecule has 3 aromatic rings. The molecule has 0 amide bonds. The van der Waals surface area contributed by atoms with Gasteiger partial charge in [0, 0.05) is 17.6 Å². The predicted octanol–water partition coefficient (Wildman–Crippen LogP) is 4.70. The van der Waals surface area contributed by atoms with Crippen LogP contribution in [0, 0.1) is 6.92 Å². The van der Waals surface area contributed by atoms with E-state index in [1.807, 2.05) is 19.1 Å². The summed E-state index contributed by atoms with van der Waals surface area (Å²) < 4.78 is 21.3. The average Bonchev–Trinajstić information content (AvgIpc) is 3.31. The predicted molar refractivity (Wildman–Crippen MR) is 126 cm³/mol. The lowest BCUT2D eigenvalue weighted by atomic mass is 9.89. The number of ketones is 1. The highest BCUT2D eigenvalue weighted by atomic mass is 16.7. The molecule has 1 aliphatic rings. The van der Waals surface area contributed by atoms with Gasteiger partial charge in [0.15, 0.2) is 17.3 Å². The molecule has 0 bridgehead atoms. The van der Waals surface area contributed by atoms with Crippen LogP contribution in [0.1, 0.15) is 27.0 Å². The Kier molecular flexibility index (Phi) is 6.54. The number of fused-ring (bicyclic) bond motifs is 1. The summed E-state index contributed by atoms with van der Waals surface area (Å²) in [5.41, 5.74) is 2.46. The lowest BCUT2D eigenvalue weighted by Gasteiger charge is -2.15. The van der Waals surface area contributed by atoms with E-state index >= 15 is 0 Å². The number of hydrogen-bond acceptors (Lipinski definition) is 6. The van der Waals surface area contributed by atoms with Crippen LogP contribution in [0.2, 0.25) is 0 Å². The maximum atomic E-state index is 13.7.